The van der Waals surface area contributed by atoms with Gasteiger partial charge in [-0.1, -0.05) is 18.3 Å². The summed E-state index contributed by atoms with van der Waals surface area (Å²) >= 11 is 4.98. The second-order valence-corrected chi connectivity index (χ2v) is 6.40. The zero-order chi connectivity index (χ0) is 15.7. The molecular weight excluding hydrogens is 366 g/mol. The van der Waals surface area contributed by atoms with E-state index in [4.69, 9.17) is 9.47 Å². The number of aromatic nitrogens is 3. The maximum Gasteiger partial charge on any atom is 0.213 e. The summed E-state index contributed by atoms with van der Waals surface area (Å²) < 4.78 is 13.9. The summed E-state index contributed by atoms with van der Waals surface area (Å²) in [6, 6.07) is 4.03. The number of halogens is 1. The van der Waals surface area contributed by atoms with E-state index < -0.39 is 0 Å². The number of hydrogen-bond acceptors (Lipinski definition) is 5. The van der Waals surface area contributed by atoms with Gasteiger partial charge in [0.15, 0.2) is 5.01 Å². The molecule has 2 aromatic heterocycles. The van der Waals surface area contributed by atoms with Crippen molar-refractivity contribution in [2.45, 2.75) is 20.3 Å². The number of benzene rings is 1. The Hall–Kier alpha value is -1.60. The van der Waals surface area contributed by atoms with Crippen molar-refractivity contribution in [3.05, 3.63) is 28.5 Å². The molecule has 0 bridgehead atoms. The lowest BCUT2D eigenvalue weighted by molar-refractivity contribution is 0.337. The Balaban J connectivity index is 2.18. The van der Waals surface area contributed by atoms with E-state index in [-0.39, 0.29) is 0 Å². The molecule has 0 aliphatic rings. The number of nitrogens with zero attached hydrogens (tertiary/aromatic N) is 3. The third-order valence-corrected chi connectivity index (χ3v) is 4.83. The number of hydrogen-bond donors (Lipinski definition) is 0. The summed E-state index contributed by atoms with van der Waals surface area (Å²) in [4.78, 5) is 5.17. The predicted octanol–water partition coefficient (Wildman–Crippen LogP) is 4.19. The lowest BCUT2D eigenvalue weighted by Crippen LogP contribution is -1.98. The molecule has 0 amide bonds. The first-order valence-corrected chi connectivity index (χ1v) is 8.63. The summed E-state index contributed by atoms with van der Waals surface area (Å²) in [6.07, 6.45) is 2.63. The minimum atomic E-state index is 0.591. The standard InChI is InChI=1S/C15H16BrN3O2S/c1-4-9-6-10(12(21-5-2)7-11(9)20-3)14-18-19-13(16)8-17-15(19)22-14/h6-8H,4-5H2,1-3H3. The molecule has 0 N–H and O–H groups in total. The van der Waals surface area contributed by atoms with Gasteiger partial charge in [0.2, 0.25) is 4.96 Å². The summed E-state index contributed by atoms with van der Waals surface area (Å²) in [6.45, 7) is 4.66. The van der Waals surface area contributed by atoms with Crippen molar-refractivity contribution in [3.8, 4) is 22.1 Å². The maximum absolute atomic E-state index is 5.78. The normalized spacial score (nSPS) is 11.1. The SMILES string of the molecule is CCOc1cc(OC)c(CC)cc1-c1nn2c(Br)cnc2s1. The van der Waals surface area contributed by atoms with Gasteiger partial charge in [0, 0.05) is 6.07 Å². The molecule has 22 heavy (non-hydrogen) atoms. The highest BCUT2D eigenvalue weighted by Crippen LogP contribution is 2.38. The van der Waals surface area contributed by atoms with Crippen molar-refractivity contribution < 1.29 is 9.47 Å². The molecule has 0 atom stereocenters. The first-order valence-electron chi connectivity index (χ1n) is 7.02. The first kappa shape index (κ1) is 15.3. The molecule has 2 heterocycles. The minimum absolute atomic E-state index is 0.591. The van der Waals surface area contributed by atoms with E-state index in [1.54, 1.807) is 17.8 Å². The molecule has 7 heteroatoms. The fraction of sp³-hybridized carbons (Fsp3) is 0.333. The second kappa shape index (κ2) is 6.26. The molecule has 0 aliphatic carbocycles. The summed E-state index contributed by atoms with van der Waals surface area (Å²) in [5.74, 6) is 1.63. The Morgan fingerprint density at radius 1 is 1.27 bits per heavy atom. The molecule has 0 aliphatic heterocycles. The van der Waals surface area contributed by atoms with Gasteiger partial charge < -0.3 is 9.47 Å². The highest BCUT2D eigenvalue weighted by molar-refractivity contribution is 9.10. The number of ether oxygens (including phenoxy) is 2. The molecule has 0 saturated carbocycles. The molecule has 5 nitrogen and oxygen atoms in total. The van der Waals surface area contributed by atoms with Crippen LogP contribution in [0.4, 0.5) is 0 Å². The highest BCUT2D eigenvalue weighted by atomic mass is 79.9. The van der Waals surface area contributed by atoms with Crippen LogP contribution in [0.1, 0.15) is 19.4 Å². The number of rotatable bonds is 5. The molecule has 0 radical (unpaired) electrons. The summed E-state index contributed by atoms with van der Waals surface area (Å²) in [5, 5.41) is 5.50. The van der Waals surface area contributed by atoms with Gasteiger partial charge in [0.05, 0.1) is 25.5 Å². The summed E-state index contributed by atoms with van der Waals surface area (Å²) in [5.41, 5.74) is 2.11. The van der Waals surface area contributed by atoms with Gasteiger partial charge in [-0.3, -0.25) is 0 Å². The molecule has 3 aromatic rings. The summed E-state index contributed by atoms with van der Waals surface area (Å²) in [7, 11) is 1.68. The fourth-order valence-corrected chi connectivity index (χ4v) is 3.65. The largest absolute Gasteiger partial charge is 0.496 e. The predicted molar refractivity (Wildman–Crippen MR) is 91.1 cm³/mol. The van der Waals surface area contributed by atoms with Crippen LogP contribution in [0.15, 0.2) is 22.9 Å². The van der Waals surface area contributed by atoms with E-state index in [1.807, 2.05) is 13.0 Å². The number of aryl methyl sites for hydroxylation is 1. The van der Waals surface area contributed by atoms with Crippen LogP contribution in [-0.4, -0.2) is 28.3 Å². The lowest BCUT2D eigenvalue weighted by atomic mass is 10.1. The Morgan fingerprint density at radius 2 is 2.09 bits per heavy atom. The van der Waals surface area contributed by atoms with Crippen LogP contribution in [0, 0.1) is 0 Å². The van der Waals surface area contributed by atoms with Crippen LogP contribution in [0.3, 0.4) is 0 Å². The second-order valence-electron chi connectivity index (χ2n) is 4.63. The number of imidazole rings is 1. The van der Waals surface area contributed by atoms with Crippen LogP contribution in [0.25, 0.3) is 15.5 Å². The third-order valence-electron chi connectivity index (χ3n) is 3.34. The zero-order valence-electron chi connectivity index (χ0n) is 12.6. The van der Waals surface area contributed by atoms with Gasteiger partial charge in [0.1, 0.15) is 16.1 Å². The van der Waals surface area contributed by atoms with E-state index in [9.17, 15) is 0 Å². The van der Waals surface area contributed by atoms with Gasteiger partial charge in [0.25, 0.3) is 0 Å². The number of fused-ring (bicyclic) bond motifs is 1. The fourth-order valence-electron chi connectivity index (χ4n) is 2.29. The maximum atomic E-state index is 5.78. The van der Waals surface area contributed by atoms with Crippen LogP contribution in [0.5, 0.6) is 11.5 Å². The smallest absolute Gasteiger partial charge is 0.213 e. The van der Waals surface area contributed by atoms with Crippen LogP contribution in [0.2, 0.25) is 0 Å². The van der Waals surface area contributed by atoms with Gasteiger partial charge in [-0.2, -0.15) is 9.61 Å². The van der Waals surface area contributed by atoms with E-state index in [0.717, 1.165) is 43.6 Å². The third kappa shape index (κ3) is 2.59. The molecule has 0 saturated heterocycles. The molecule has 0 unspecified atom stereocenters. The van der Waals surface area contributed by atoms with E-state index in [1.165, 1.54) is 11.3 Å². The molecular formula is C15H16BrN3O2S. The quantitative estimate of drug-likeness (QED) is 0.664. The molecule has 0 spiro atoms. The van der Waals surface area contributed by atoms with Crippen LogP contribution < -0.4 is 9.47 Å². The number of methoxy groups -OCH3 is 1. The van der Waals surface area contributed by atoms with E-state index in [0.29, 0.717) is 6.61 Å². The van der Waals surface area contributed by atoms with Crippen molar-refractivity contribution in [1.29, 1.82) is 0 Å². The van der Waals surface area contributed by atoms with Gasteiger partial charge in [-0.05, 0) is 40.9 Å². The van der Waals surface area contributed by atoms with Crippen molar-refractivity contribution in [1.82, 2.24) is 14.6 Å². The van der Waals surface area contributed by atoms with Gasteiger partial charge >= 0.3 is 0 Å². The Labute approximate surface area is 141 Å². The Kier molecular flexibility index (Phi) is 4.35. The molecule has 3 rings (SSSR count). The first-order chi connectivity index (χ1) is 10.7. The average Bonchev–Trinajstić information content (AvgIpc) is 3.09. The molecule has 0 fully saturated rings. The minimum Gasteiger partial charge on any atom is -0.496 e. The van der Waals surface area contributed by atoms with Crippen molar-refractivity contribution in [2.24, 2.45) is 0 Å². The van der Waals surface area contributed by atoms with Gasteiger partial charge in [-0.15, -0.1) is 0 Å². The van der Waals surface area contributed by atoms with E-state index >= 15 is 0 Å². The van der Waals surface area contributed by atoms with E-state index in [2.05, 4.69) is 39.0 Å². The van der Waals surface area contributed by atoms with Crippen LogP contribution in [-0.2, 0) is 6.42 Å². The average molecular weight is 382 g/mol. The molecule has 116 valence electrons. The van der Waals surface area contributed by atoms with Crippen molar-refractivity contribution in [2.75, 3.05) is 13.7 Å². The van der Waals surface area contributed by atoms with Gasteiger partial charge in [-0.25, -0.2) is 4.98 Å². The van der Waals surface area contributed by atoms with Crippen molar-refractivity contribution in [3.63, 3.8) is 0 Å². The Morgan fingerprint density at radius 3 is 2.73 bits per heavy atom. The monoisotopic (exact) mass is 381 g/mol. The lowest BCUT2D eigenvalue weighted by Gasteiger charge is -2.13. The van der Waals surface area contributed by atoms with Crippen LogP contribution >= 0.6 is 27.3 Å². The zero-order valence-corrected chi connectivity index (χ0v) is 15.0. The highest BCUT2D eigenvalue weighted by Gasteiger charge is 2.17. The Bertz CT molecular complexity index is 813. The topological polar surface area (TPSA) is 48.7 Å². The molecule has 1 aromatic carbocycles. The van der Waals surface area contributed by atoms with Crippen molar-refractivity contribution >= 4 is 32.2 Å².